The van der Waals surface area contributed by atoms with E-state index in [0.29, 0.717) is 6.54 Å². The summed E-state index contributed by atoms with van der Waals surface area (Å²) in [6, 6.07) is 0. The summed E-state index contributed by atoms with van der Waals surface area (Å²) in [7, 11) is 0. The molecule has 4 heteroatoms. The second-order valence-corrected chi connectivity index (χ2v) is 4.18. The number of aliphatic hydroxyl groups excluding tert-OH is 3. The lowest BCUT2D eigenvalue weighted by Crippen LogP contribution is -2.42. The highest BCUT2D eigenvalue weighted by molar-refractivity contribution is 4.93. The van der Waals surface area contributed by atoms with Crippen LogP contribution >= 0.6 is 0 Å². The molecule has 1 rings (SSSR count). The maximum atomic E-state index is 9.54. The Bertz CT molecular complexity index is 204. The number of hydrogen-bond acceptors (Lipinski definition) is 4. The molecule has 0 aliphatic heterocycles. The Hall–Kier alpha value is -0.420. The molecular formula is C11H21NO3. The van der Waals surface area contributed by atoms with Gasteiger partial charge in [0.1, 0.15) is 12.2 Å². The fraction of sp³-hybridized carbons (Fsp3) is 0.818. The van der Waals surface area contributed by atoms with Gasteiger partial charge in [-0.3, -0.25) is 0 Å². The lowest BCUT2D eigenvalue weighted by Gasteiger charge is -2.21. The van der Waals surface area contributed by atoms with E-state index < -0.39 is 18.3 Å². The van der Waals surface area contributed by atoms with E-state index in [1.54, 1.807) is 13.0 Å². The van der Waals surface area contributed by atoms with Crippen LogP contribution in [0.5, 0.6) is 0 Å². The molecule has 0 heterocycles. The van der Waals surface area contributed by atoms with E-state index in [1.807, 2.05) is 0 Å². The summed E-state index contributed by atoms with van der Waals surface area (Å²) in [4.78, 5) is 0. The molecule has 0 radical (unpaired) electrons. The van der Waals surface area contributed by atoms with Crippen molar-refractivity contribution >= 4 is 0 Å². The molecule has 0 bridgehead atoms. The SMILES string of the molecule is C/C=C\C(O)[C@H](O)C(O)CNCC1CC1. The van der Waals surface area contributed by atoms with Crippen LogP contribution in [0.15, 0.2) is 12.2 Å². The third-order valence-electron chi connectivity index (χ3n) is 2.62. The van der Waals surface area contributed by atoms with Crippen LogP contribution in [0, 0.1) is 5.92 Å². The average Bonchev–Trinajstić information content (AvgIpc) is 3.00. The molecule has 15 heavy (non-hydrogen) atoms. The minimum atomic E-state index is -1.12. The van der Waals surface area contributed by atoms with E-state index in [-0.39, 0.29) is 0 Å². The van der Waals surface area contributed by atoms with E-state index in [4.69, 9.17) is 0 Å². The molecule has 1 aliphatic carbocycles. The van der Waals surface area contributed by atoms with Gasteiger partial charge in [-0.05, 0) is 32.2 Å². The Kier molecular flexibility index (Phi) is 5.25. The molecule has 0 saturated heterocycles. The minimum Gasteiger partial charge on any atom is -0.389 e. The van der Waals surface area contributed by atoms with Crippen LogP contribution in [0.2, 0.25) is 0 Å². The lowest BCUT2D eigenvalue weighted by atomic mass is 10.1. The maximum Gasteiger partial charge on any atom is 0.111 e. The topological polar surface area (TPSA) is 72.7 Å². The monoisotopic (exact) mass is 215 g/mol. The van der Waals surface area contributed by atoms with Crippen LogP contribution in [-0.4, -0.2) is 46.7 Å². The number of hydrogen-bond donors (Lipinski definition) is 4. The first-order chi connectivity index (χ1) is 7.15. The summed E-state index contributed by atoms with van der Waals surface area (Å²) in [5.41, 5.74) is 0. The van der Waals surface area contributed by atoms with Gasteiger partial charge in [0.05, 0.1) is 6.10 Å². The maximum absolute atomic E-state index is 9.54. The normalized spacial score (nSPS) is 22.9. The zero-order valence-corrected chi connectivity index (χ0v) is 9.13. The first-order valence-corrected chi connectivity index (χ1v) is 5.53. The Morgan fingerprint density at radius 3 is 2.53 bits per heavy atom. The fourth-order valence-electron chi connectivity index (χ4n) is 1.42. The third kappa shape index (κ3) is 4.75. The fourth-order valence-corrected chi connectivity index (χ4v) is 1.42. The van der Waals surface area contributed by atoms with E-state index in [9.17, 15) is 15.3 Å². The number of rotatable bonds is 7. The number of aliphatic hydroxyl groups is 3. The molecule has 1 fully saturated rings. The molecular weight excluding hydrogens is 194 g/mol. The number of nitrogens with one attached hydrogen (secondary N) is 1. The molecule has 4 N–H and O–H groups in total. The van der Waals surface area contributed by atoms with Crippen molar-refractivity contribution in [3.8, 4) is 0 Å². The van der Waals surface area contributed by atoms with E-state index in [0.717, 1.165) is 12.5 Å². The molecule has 0 aromatic heterocycles. The van der Waals surface area contributed by atoms with Gasteiger partial charge in [-0.25, -0.2) is 0 Å². The standard InChI is InChI=1S/C11H21NO3/c1-2-3-9(13)11(15)10(14)7-12-6-8-4-5-8/h2-3,8-15H,4-7H2,1H3/b3-2-/t9?,10?,11-/m0/s1. The predicted molar refractivity (Wildman–Crippen MR) is 58.4 cm³/mol. The second kappa shape index (κ2) is 6.23. The summed E-state index contributed by atoms with van der Waals surface area (Å²) in [6.07, 6.45) is 2.60. The zero-order valence-electron chi connectivity index (χ0n) is 9.13. The second-order valence-electron chi connectivity index (χ2n) is 4.18. The van der Waals surface area contributed by atoms with E-state index in [2.05, 4.69) is 5.32 Å². The summed E-state index contributed by atoms with van der Waals surface area (Å²) in [5.74, 6) is 0.745. The van der Waals surface area contributed by atoms with Gasteiger partial charge in [0.15, 0.2) is 0 Å². The Morgan fingerprint density at radius 1 is 1.33 bits per heavy atom. The molecule has 0 spiro atoms. The highest BCUT2D eigenvalue weighted by Crippen LogP contribution is 2.27. The zero-order chi connectivity index (χ0) is 11.3. The van der Waals surface area contributed by atoms with Crippen molar-refractivity contribution in [2.75, 3.05) is 13.1 Å². The molecule has 88 valence electrons. The van der Waals surface area contributed by atoms with Crippen molar-refractivity contribution in [3.63, 3.8) is 0 Å². The largest absolute Gasteiger partial charge is 0.389 e. The highest BCUT2D eigenvalue weighted by atomic mass is 16.4. The van der Waals surface area contributed by atoms with Gasteiger partial charge in [-0.1, -0.05) is 12.2 Å². The van der Waals surface area contributed by atoms with Crippen LogP contribution in [0.25, 0.3) is 0 Å². The lowest BCUT2D eigenvalue weighted by molar-refractivity contribution is -0.0399. The highest BCUT2D eigenvalue weighted by Gasteiger charge is 2.24. The third-order valence-corrected chi connectivity index (χ3v) is 2.62. The van der Waals surface area contributed by atoms with Crippen LogP contribution in [-0.2, 0) is 0 Å². The van der Waals surface area contributed by atoms with E-state index >= 15 is 0 Å². The molecule has 0 aromatic rings. The molecule has 3 atom stereocenters. The van der Waals surface area contributed by atoms with Gasteiger partial charge in [0.2, 0.25) is 0 Å². The van der Waals surface area contributed by atoms with Crippen molar-refractivity contribution in [1.29, 1.82) is 0 Å². The summed E-state index contributed by atoms with van der Waals surface area (Å²) in [6.45, 7) is 2.98. The van der Waals surface area contributed by atoms with Crippen LogP contribution in [0.3, 0.4) is 0 Å². The summed E-state index contributed by atoms with van der Waals surface area (Å²) in [5, 5.41) is 31.5. The average molecular weight is 215 g/mol. The molecule has 2 unspecified atom stereocenters. The van der Waals surface area contributed by atoms with Gasteiger partial charge in [-0.15, -0.1) is 0 Å². The minimum absolute atomic E-state index is 0.326. The summed E-state index contributed by atoms with van der Waals surface area (Å²) >= 11 is 0. The van der Waals surface area contributed by atoms with E-state index in [1.165, 1.54) is 18.9 Å². The molecule has 0 aromatic carbocycles. The Morgan fingerprint density at radius 2 is 2.00 bits per heavy atom. The smallest absolute Gasteiger partial charge is 0.111 e. The van der Waals surface area contributed by atoms with Crippen LogP contribution in [0.4, 0.5) is 0 Å². The number of allylic oxidation sites excluding steroid dienone is 1. The van der Waals surface area contributed by atoms with Crippen LogP contribution < -0.4 is 5.32 Å². The van der Waals surface area contributed by atoms with Crippen molar-refractivity contribution in [2.24, 2.45) is 5.92 Å². The molecule has 4 nitrogen and oxygen atoms in total. The van der Waals surface area contributed by atoms with Crippen molar-refractivity contribution in [2.45, 2.75) is 38.1 Å². The van der Waals surface area contributed by atoms with Gasteiger partial charge in [0.25, 0.3) is 0 Å². The predicted octanol–water partition coefficient (Wildman–Crippen LogP) is -0.355. The van der Waals surface area contributed by atoms with Crippen molar-refractivity contribution in [3.05, 3.63) is 12.2 Å². The Labute approximate surface area is 90.6 Å². The first-order valence-electron chi connectivity index (χ1n) is 5.53. The molecule has 1 saturated carbocycles. The van der Waals surface area contributed by atoms with Gasteiger partial charge >= 0.3 is 0 Å². The molecule has 0 amide bonds. The van der Waals surface area contributed by atoms with Gasteiger partial charge < -0.3 is 20.6 Å². The summed E-state index contributed by atoms with van der Waals surface area (Å²) < 4.78 is 0. The van der Waals surface area contributed by atoms with Gasteiger partial charge in [-0.2, -0.15) is 0 Å². The Balaban J connectivity index is 2.15. The van der Waals surface area contributed by atoms with Crippen LogP contribution in [0.1, 0.15) is 19.8 Å². The van der Waals surface area contributed by atoms with Gasteiger partial charge in [0, 0.05) is 6.54 Å². The molecule has 1 aliphatic rings. The first kappa shape index (κ1) is 12.6. The quantitative estimate of drug-likeness (QED) is 0.438. The van der Waals surface area contributed by atoms with Crippen molar-refractivity contribution in [1.82, 2.24) is 5.32 Å². The van der Waals surface area contributed by atoms with Crippen molar-refractivity contribution < 1.29 is 15.3 Å².